The maximum absolute atomic E-state index is 13.8. The van der Waals surface area contributed by atoms with Crippen LogP contribution >= 0.6 is 0 Å². The number of carbonyl (C=O) groups excluding carboxylic acids is 2. The van der Waals surface area contributed by atoms with Crippen LogP contribution in [0, 0.1) is 5.41 Å². The Morgan fingerprint density at radius 1 is 1.26 bits per heavy atom. The van der Waals surface area contributed by atoms with Crippen LogP contribution in [0.4, 0.5) is 5.69 Å². The average Bonchev–Trinajstić information content (AvgIpc) is 3.26. The van der Waals surface area contributed by atoms with E-state index in [1.165, 1.54) is 19.6 Å². The van der Waals surface area contributed by atoms with Crippen LogP contribution in [-0.2, 0) is 29.2 Å². The second-order valence-corrected chi connectivity index (χ2v) is 10.0. The number of hydrogen-bond acceptors (Lipinski definition) is 7. The van der Waals surface area contributed by atoms with Gasteiger partial charge in [0.25, 0.3) is 0 Å². The average molecular weight is 427 g/mol. The summed E-state index contributed by atoms with van der Waals surface area (Å²) in [6.07, 6.45) is 1.78. The maximum Gasteiger partial charge on any atom is 0.344 e. The molecular weight excluding hydrogens is 396 g/mol. The highest BCUT2D eigenvalue weighted by Crippen LogP contribution is 2.71. The lowest BCUT2D eigenvalue weighted by molar-refractivity contribution is -0.315. The standard InChI is InChI=1S/C24H30N2O5/c1-5-22-12-15-13-26-11-10-23(18(22)26)16-8-6-7-9-17(16)25(3)19(23)24(31-15,21(28)29-4)20(22)30-14(2)27/h6-9,15,18-20H,5,10-13H2,1-4H3. The number of likely N-dealkylation sites (N-methyl/N-ethyl adjacent to an activating group) is 1. The summed E-state index contributed by atoms with van der Waals surface area (Å²) in [5.41, 5.74) is 0.403. The number of para-hydroxylation sites is 1. The van der Waals surface area contributed by atoms with E-state index < -0.39 is 17.7 Å². The summed E-state index contributed by atoms with van der Waals surface area (Å²) in [5.74, 6) is -0.807. The van der Waals surface area contributed by atoms with Gasteiger partial charge in [0, 0.05) is 43.1 Å². The number of hydrogen-bond donors (Lipinski definition) is 0. The van der Waals surface area contributed by atoms with E-state index in [-0.39, 0.29) is 35.0 Å². The molecule has 7 nitrogen and oxygen atoms in total. The third kappa shape index (κ3) is 1.95. The lowest BCUT2D eigenvalue weighted by atomic mass is 9.45. The minimum absolute atomic E-state index is 0.0877. The zero-order valence-corrected chi connectivity index (χ0v) is 18.6. The number of benzene rings is 1. The van der Waals surface area contributed by atoms with Crippen molar-refractivity contribution >= 4 is 17.6 Å². The van der Waals surface area contributed by atoms with Crippen LogP contribution in [0.3, 0.4) is 0 Å². The minimum atomic E-state index is -1.36. The van der Waals surface area contributed by atoms with Gasteiger partial charge in [-0.2, -0.15) is 0 Å². The van der Waals surface area contributed by atoms with Gasteiger partial charge >= 0.3 is 11.9 Å². The predicted molar refractivity (Wildman–Crippen MR) is 113 cm³/mol. The molecule has 1 saturated carbocycles. The number of carbonyl (C=O) groups is 2. The molecule has 1 spiro atoms. The molecule has 0 radical (unpaired) electrons. The summed E-state index contributed by atoms with van der Waals surface area (Å²) in [7, 11) is 3.46. The van der Waals surface area contributed by atoms with Crippen molar-refractivity contribution in [1.29, 1.82) is 0 Å². The van der Waals surface area contributed by atoms with Gasteiger partial charge in [0.05, 0.1) is 19.3 Å². The Morgan fingerprint density at radius 2 is 2.03 bits per heavy atom. The van der Waals surface area contributed by atoms with Crippen LogP contribution in [0.15, 0.2) is 24.3 Å². The summed E-state index contributed by atoms with van der Waals surface area (Å²) in [6, 6.07) is 8.37. The molecule has 1 aromatic rings. The zero-order chi connectivity index (χ0) is 21.8. The molecule has 7 atom stereocenters. The molecule has 31 heavy (non-hydrogen) atoms. The topological polar surface area (TPSA) is 68.3 Å². The molecule has 3 bridgehead atoms. The van der Waals surface area contributed by atoms with Crippen molar-refractivity contribution in [3.8, 4) is 0 Å². The van der Waals surface area contributed by atoms with E-state index in [0.717, 1.165) is 38.0 Å². The number of fused-ring (bicyclic) bond motifs is 4. The Hall–Kier alpha value is -2.12. The first-order valence-electron chi connectivity index (χ1n) is 11.4. The molecule has 4 aliphatic heterocycles. The monoisotopic (exact) mass is 426 g/mol. The van der Waals surface area contributed by atoms with Crippen molar-refractivity contribution in [2.24, 2.45) is 5.41 Å². The Bertz CT molecular complexity index is 982. The van der Waals surface area contributed by atoms with Crippen LogP contribution in [0.25, 0.3) is 0 Å². The minimum Gasteiger partial charge on any atom is -0.467 e. The van der Waals surface area contributed by atoms with Crippen LogP contribution in [-0.4, -0.2) is 74.0 Å². The first-order chi connectivity index (χ1) is 14.9. The van der Waals surface area contributed by atoms with Crippen molar-refractivity contribution in [1.82, 2.24) is 4.90 Å². The van der Waals surface area contributed by atoms with Crippen LogP contribution in [0.1, 0.15) is 38.7 Å². The van der Waals surface area contributed by atoms with E-state index >= 15 is 0 Å². The summed E-state index contributed by atoms with van der Waals surface area (Å²) >= 11 is 0. The second kappa shape index (κ2) is 6.01. The molecule has 0 aromatic heterocycles. The Balaban J connectivity index is 1.71. The van der Waals surface area contributed by atoms with Crippen molar-refractivity contribution in [3.05, 3.63) is 29.8 Å². The summed E-state index contributed by atoms with van der Waals surface area (Å²) < 4.78 is 18.3. The highest BCUT2D eigenvalue weighted by molar-refractivity contribution is 5.87. The first kappa shape index (κ1) is 19.6. The lowest BCUT2D eigenvalue weighted by Crippen LogP contribution is -2.86. The third-order valence-corrected chi connectivity index (χ3v) is 9.04. The van der Waals surface area contributed by atoms with Gasteiger partial charge in [0.1, 0.15) is 0 Å². The molecule has 3 saturated heterocycles. The van der Waals surface area contributed by atoms with E-state index in [9.17, 15) is 9.59 Å². The van der Waals surface area contributed by atoms with Gasteiger partial charge in [-0.05, 0) is 37.4 Å². The number of methoxy groups -OCH3 is 1. The molecule has 1 aliphatic carbocycles. The lowest BCUT2D eigenvalue weighted by Gasteiger charge is -2.70. The van der Waals surface area contributed by atoms with E-state index in [1.807, 2.05) is 13.1 Å². The maximum atomic E-state index is 13.8. The van der Waals surface area contributed by atoms with Gasteiger partial charge in [0.15, 0.2) is 6.10 Å². The Labute approximate surface area is 182 Å². The molecule has 1 aromatic carbocycles. The fourth-order valence-corrected chi connectivity index (χ4v) is 8.52. The Morgan fingerprint density at radius 3 is 2.74 bits per heavy atom. The summed E-state index contributed by atoms with van der Waals surface area (Å²) in [5, 5.41) is 0. The zero-order valence-electron chi connectivity index (χ0n) is 18.6. The van der Waals surface area contributed by atoms with Crippen molar-refractivity contribution < 1.29 is 23.8 Å². The molecule has 7 heteroatoms. The number of rotatable bonds is 3. The fraction of sp³-hybridized carbons (Fsp3) is 0.667. The number of nitrogens with zero attached hydrogens (tertiary/aromatic N) is 2. The van der Waals surface area contributed by atoms with Crippen LogP contribution in [0.5, 0.6) is 0 Å². The van der Waals surface area contributed by atoms with E-state index in [0.29, 0.717) is 0 Å². The molecule has 0 N–H and O–H groups in total. The second-order valence-electron chi connectivity index (χ2n) is 10.0. The van der Waals surface area contributed by atoms with Gasteiger partial charge in [-0.1, -0.05) is 25.1 Å². The molecule has 4 heterocycles. The van der Waals surface area contributed by atoms with Crippen molar-refractivity contribution in [3.63, 3.8) is 0 Å². The molecule has 7 unspecified atom stereocenters. The molecular formula is C24H30N2O5. The number of esters is 2. The molecule has 166 valence electrons. The quantitative estimate of drug-likeness (QED) is 0.684. The van der Waals surface area contributed by atoms with Crippen LogP contribution < -0.4 is 4.90 Å². The van der Waals surface area contributed by atoms with Crippen LogP contribution in [0.2, 0.25) is 0 Å². The van der Waals surface area contributed by atoms with Gasteiger partial charge in [0.2, 0.25) is 5.60 Å². The summed E-state index contributed by atoms with van der Waals surface area (Å²) in [4.78, 5) is 30.9. The SMILES string of the molecule is CCC12CC3CN4CCC5(c6ccccc6N(C)C5C(C(=O)OC)(O3)C1OC(C)=O)C42. The number of piperidine rings is 1. The van der Waals surface area contributed by atoms with Gasteiger partial charge in [-0.25, -0.2) is 4.79 Å². The van der Waals surface area contributed by atoms with Gasteiger partial charge < -0.3 is 19.1 Å². The fourth-order valence-electron chi connectivity index (χ4n) is 8.52. The largest absolute Gasteiger partial charge is 0.467 e. The molecule has 4 fully saturated rings. The molecule has 5 aliphatic rings. The number of anilines is 1. The van der Waals surface area contributed by atoms with E-state index in [2.05, 4.69) is 34.9 Å². The molecule has 0 amide bonds. The van der Waals surface area contributed by atoms with Crippen molar-refractivity contribution in [2.75, 3.05) is 32.1 Å². The predicted octanol–water partition coefficient (Wildman–Crippen LogP) is 1.87. The van der Waals surface area contributed by atoms with Crippen molar-refractivity contribution in [2.45, 2.75) is 68.4 Å². The van der Waals surface area contributed by atoms with Gasteiger partial charge in [-0.15, -0.1) is 0 Å². The number of ether oxygens (including phenoxy) is 3. The van der Waals surface area contributed by atoms with E-state index in [4.69, 9.17) is 14.2 Å². The Kier molecular flexibility index (Phi) is 3.79. The first-order valence-corrected chi connectivity index (χ1v) is 11.4. The van der Waals surface area contributed by atoms with Gasteiger partial charge in [-0.3, -0.25) is 9.69 Å². The molecule has 6 rings (SSSR count). The van der Waals surface area contributed by atoms with E-state index in [1.54, 1.807) is 0 Å². The normalized spacial score (nSPS) is 44.1. The highest BCUT2D eigenvalue weighted by atomic mass is 16.6. The highest BCUT2D eigenvalue weighted by Gasteiger charge is 2.84. The smallest absolute Gasteiger partial charge is 0.344 e. The summed E-state index contributed by atoms with van der Waals surface area (Å²) in [6.45, 7) is 5.35. The third-order valence-electron chi connectivity index (χ3n) is 9.04.